The van der Waals surface area contributed by atoms with Gasteiger partial charge in [-0.3, -0.25) is 9.48 Å². The Kier molecular flexibility index (Phi) is 4.44. The minimum Gasteiger partial charge on any atom is -0.488 e. The summed E-state index contributed by atoms with van der Waals surface area (Å²) in [5, 5.41) is 7.64. The molecule has 1 aromatic carbocycles. The van der Waals surface area contributed by atoms with Crippen molar-refractivity contribution < 1.29 is 9.53 Å². The number of nitrogens with one attached hydrogen (secondary N) is 1. The van der Waals surface area contributed by atoms with Gasteiger partial charge in [0, 0.05) is 36.1 Å². The molecule has 1 aromatic heterocycles. The summed E-state index contributed by atoms with van der Waals surface area (Å²) in [5.74, 6) is 0.644. The Morgan fingerprint density at radius 1 is 1.45 bits per heavy atom. The smallest absolute Gasteiger partial charge is 0.250 e. The zero-order valence-corrected chi connectivity index (χ0v) is 12.7. The molecule has 1 aliphatic heterocycles. The second kappa shape index (κ2) is 6.66. The molecule has 0 radical (unpaired) electrons. The molecule has 0 saturated heterocycles. The van der Waals surface area contributed by atoms with Crippen LogP contribution < -0.4 is 10.1 Å². The van der Waals surface area contributed by atoms with Crippen molar-refractivity contribution >= 4 is 23.6 Å². The molecular weight excluding hydrogens is 302 g/mol. The first-order valence-corrected chi connectivity index (χ1v) is 7.49. The molecule has 2 aromatic rings. The van der Waals surface area contributed by atoms with E-state index < -0.39 is 0 Å². The molecule has 2 heterocycles. The normalized spacial score (nSPS) is 13.0. The SMILES string of the molecule is O=C(NCCCn1cccn1)C1=Cc2cc(Cl)ccc2OC1. The third kappa shape index (κ3) is 3.49. The van der Waals surface area contributed by atoms with Gasteiger partial charge in [-0.25, -0.2) is 0 Å². The first-order valence-electron chi connectivity index (χ1n) is 7.11. The Hall–Kier alpha value is -2.27. The van der Waals surface area contributed by atoms with Gasteiger partial charge in [0.25, 0.3) is 5.91 Å². The second-order valence-corrected chi connectivity index (χ2v) is 5.46. The molecule has 0 spiro atoms. The Morgan fingerprint density at radius 3 is 3.18 bits per heavy atom. The Bertz CT molecular complexity index is 695. The van der Waals surface area contributed by atoms with E-state index in [1.807, 2.05) is 29.1 Å². The summed E-state index contributed by atoms with van der Waals surface area (Å²) in [5.41, 5.74) is 1.44. The summed E-state index contributed by atoms with van der Waals surface area (Å²) in [4.78, 5) is 12.1. The van der Waals surface area contributed by atoms with Crippen molar-refractivity contribution in [3.05, 3.63) is 52.8 Å². The summed E-state index contributed by atoms with van der Waals surface area (Å²) in [6.07, 6.45) is 6.29. The number of rotatable bonds is 5. The number of amides is 1. The molecule has 0 unspecified atom stereocenters. The van der Waals surface area contributed by atoms with Crippen LogP contribution >= 0.6 is 11.6 Å². The van der Waals surface area contributed by atoms with Crippen LogP contribution in [-0.4, -0.2) is 28.8 Å². The van der Waals surface area contributed by atoms with Gasteiger partial charge < -0.3 is 10.1 Å². The molecule has 1 amide bonds. The lowest BCUT2D eigenvalue weighted by molar-refractivity contribution is -0.117. The largest absolute Gasteiger partial charge is 0.488 e. The number of carbonyl (C=O) groups excluding carboxylic acids is 1. The highest BCUT2D eigenvalue weighted by molar-refractivity contribution is 6.30. The Balaban J connectivity index is 1.54. The van der Waals surface area contributed by atoms with Crippen molar-refractivity contribution in [2.45, 2.75) is 13.0 Å². The number of hydrogen-bond acceptors (Lipinski definition) is 3. The highest BCUT2D eigenvalue weighted by Crippen LogP contribution is 2.28. The number of carbonyl (C=O) groups is 1. The molecule has 0 bridgehead atoms. The molecule has 6 heteroatoms. The van der Waals surface area contributed by atoms with E-state index in [2.05, 4.69) is 10.4 Å². The standard InChI is InChI=1S/C16H16ClN3O2/c17-14-3-4-15-12(10-14)9-13(11-22-15)16(21)18-5-1-7-20-8-2-6-19-20/h2-4,6,8-10H,1,5,7,11H2,(H,18,21). The highest BCUT2D eigenvalue weighted by Gasteiger charge is 2.17. The maximum absolute atomic E-state index is 12.1. The fraction of sp³-hybridized carbons (Fsp3) is 0.250. The topological polar surface area (TPSA) is 56.2 Å². The summed E-state index contributed by atoms with van der Waals surface area (Å²) in [6, 6.07) is 7.26. The van der Waals surface area contributed by atoms with Crippen LogP contribution in [0.1, 0.15) is 12.0 Å². The number of aromatic nitrogens is 2. The monoisotopic (exact) mass is 317 g/mol. The number of aryl methyl sites for hydroxylation is 1. The van der Waals surface area contributed by atoms with Crippen molar-refractivity contribution in [1.82, 2.24) is 15.1 Å². The summed E-state index contributed by atoms with van der Waals surface area (Å²) in [7, 11) is 0. The minimum absolute atomic E-state index is 0.105. The van der Waals surface area contributed by atoms with E-state index in [0.717, 1.165) is 24.3 Å². The third-order valence-corrected chi connectivity index (χ3v) is 3.62. The van der Waals surface area contributed by atoms with Crippen molar-refractivity contribution in [3.8, 4) is 5.75 Å². The molecule has 0 saturated carbocycles. The van der Waals surface area contributed by atoms with Gasteiger partial charge in [0.05, 0.1) is 5.57 Å². The maximum atomic E-state index is 12.1. The molecule has 0 aliphatic carbocycles. The van der Waals surface area contributed by atoms with E-state index in [-0.39, 0.29) is 12.5 Å². The Morgan fingerprint density at radius 2 is 2.36 bits per heavy atom. The average molecular weight is 318 g/mol. The molecule has 0 atom stereocenters. The van der Waals surface area contributed by atoms with Crippen LogP contribution in [-0.2, 0) is 11.3 Å². The first kappa shape index (κ1) is 14.7. The van der Waals surface area contributed by atoms with Gasteiger partial charge in [0.15, 0.2) is 0 Å². The number of benzene rings is 1. The van der Waals surface area contributed by atoms with Gasteiger partial charge in [-0.2, -0.15) is 5.10 Å². The number of nitrogens with zero attached hydrogens (tertiary/aromatic N) is 2. The van der Waals surface area contributed by atoms with E-state index in [9.17, 15) is 4.79 Å². The van der Waals surface area contributed by atoms with Crippen LogP contribution in [0.4, 0.5) is 0 Å². The lowest BCUT2D eigenvalue weighted by Crippen LogP contribution is -2.29. The van der Waals surface area contributed by atoms with Crippen LogP contribution in [0.15, 0.2) is 42.2 Å². The summed E-state index contributed by atoms with van der Waals surface area (Å²) >= 11 is 5.96. The van der Waals surface area contributed by atoms with Crippen LogP contribution in [0.5, 0.6) is 5.75 Å². The van der Waals surface area contributed by atoms with Gasteiger partial charge in [-0.05, 0) is 36.8 Å². The Labute approximate surface area is 133 Å². The van der Waals surface area contributed by atoms with Crippen LogP contribution in [0.3, 0.4) is 0 Å². The average Bonchev–Trinajstić information content (AvgIpc) is 3.04. The molecule has 0 fully saturated rings. The fourth-order valence-electron chi connectivity index (χ4n) is 2.27. The minimum atomic E-state index is -0.105. The molecule has 5 nitrogen and oxygen atoms in total. The molecular formula is C16H16ClN3O2. The molecule has 22 heavy (non-hydrogen) atoms. The first-order chi connectivity index (χ1) is 10.7. The van der Waals surface area contributed by atoms with Gasteiger partial charge in [0.2, 0.25) is 0 Å². The van der Waals surface area contributed by atoms with Crippen molar-refractivity contribution in [2.24, 2.45) is 0 Å². The lowest BCUT2D eigenvalue weighted by atomic mass is 10.1. The van der Waals surface area contributed by atoms with Crippen LogP contribution in [0, 0.1) is 0 Å². The number of ether oxygens (including phenoxy) is 1. The second-order valence-electron chi connectivity index (χ2n) is 5.02. The third-order valence-electron chi connectivity index (χ3n) is 3.39. The number of fused-ring (bicyclic) bond motifs is 1. The molecule has 1 aliphatic rings. The van der Waals surface area contributed by atoms with Crippen LogP contribution in [0.2, 0.25) is 5.02 Å². The van der Waals surface area contributed by atoms with E-state index >= 15 is 0 Å². The van der Waals surface area contributed by atoms with Crippen molar-refractivity contribution in [1.29, 1.82) is 0 Å². The van der Waals surface area contributed by atoms with Gasteiger partial charge in [0.1, 0.15) is 12.4 Å². The predicted molar refractivity (Wildman–Crippen MR) is 84.8 cm³/mol. The number of halogens is 1. The predicted octanol–water partition coefficient (Wildman–Crippen LogP) is 2.52. The molecule has 114 valence electrons. The van der Waals surface area contributed by atoms with E-state index in [1.54, 1.807) is 18.3 Å². The van der Waals surface area contributed by atoms with Gasteiger partial charge in [-0.1, -0.05) is 11.6 Å². The van der Waals surface area contributed by atoms with E-state index in [1.165, 1.54) is 0 Å². The van der Waals surface area contributed by atoms with Crippen LogP contribution in [0.25, 0.3) is 6.08 Å². The zero-order chi connectivity index (χ0) is 15.4. The quantitative estimate of drug-likeness (QED) is 0.862. The highest BCUT2D eigenvalue weighted by atomic mass is 35.5. The maximum Gasteiger partial charge on any atom is 0.250 e. The zero-order valence-electron chi connectivity index (χ0n) is 12.0. The molecule has 3 rings (SSSR count). The summed E-state index contributed by atoms with van der Waals surface area (Å²) in [6.45, 7) is 1.65. The molecule has 1 N–H and O–H groups in total. The lowest BCUT2D eigenvalue weighted by Gasteiger charge is -2.17. The number of hydrogen-bond donors (Lipinski definition) is 1. The van der Waals surface area contributed by atoms with E-state index in [4.69, 9.17) is 16.3 Å². The van der Waals surface area contributed by atoms with Gasteiger partial charge >= 0.3 is 0 Å². The summed E-state index contributed by atoms with van der Waals surface area (Å²) < 4.78 is 7.42. The fourth-order valence-corrected chi connectivity index (χ4v) is 2.45. The van der Waals surface area contributed by atoms with Crippen molar-refractivity contribution in [3.63, 3.8) is 0 Å². The van der Waals surface area contributed by atoms with Gasteiger partial charge in [-0.15, -0.1) is 0 Å². The van der Waals surface area contributed by atoms with E-state index in [0.29, 0.717) is 17.1 Å². The van der Waals surface area contributed by atoms with Crippen molar-refractivity contribution in [2.75, 3.05) is 13.2 Å².